The first kappa shape index (κ1) is 131. The lowest BCUT2D eigenvalue weighted by atomic mass is 9.79. The number of carbonyl (C=O) groups is 1. The molecule has 16 fully saturated rings. The largest absolute Gasteiger partial charge is 0.381 e. The Labute approximate surface area is 891 Å². The number of likely N-dealkylation sites (N-methyl/N-ethyl adjacent to an activating group) is 1. The van der Waals surface area contributed by atoms with Crippen molar-refractivity contribution in [1.82, 2.24) is 74.7 Å². The van der Waals surface area contributed by atoms with Gasteiger partial charge in [-0.3, -0.25) is 39.1 Å². The number of carbonyl (C=O) groups excluding carboxylic acids is 1. The molecule has 14 aliphatic heterocycles. The van der Waals surface area contributed by atoms with E-state index in [0.717, 1.165) is 197 Å². The summed E-state index contributed by atoms with van der Waals surface area (Å²) in [4.78, 5) is 41.4. The van der Waals surface area contributed by atoms with Crippen LogP contribution in [0, 0.1) is 107 Å². The zero-order valence-corrected chi connectivity index (χ0v) is 101. The third-order valence-electron chi connectivity index (χ3n) is 33.1. The zero-order chi connectivity index (χ0) is 105. The lowest BCUT2D eigenvalue weighted by Crippen LogP contribution is -2.50. The molecular weight excluding hydrogens is 1760 g/mol. The molecule has 3 saturated carbocycles. The van der Waals surface area contributed by atoms with Gasteiger partial charge in [-0.2, -0.15) is 0 Å². The maximum absolute atomic E-state index is 11.0. The Kier molecular flexibility index (Phi) is 68.9. The van der Waals surface area contributed by atoms with E-state index < -0.39 is 0 Å². The first-order chi connectivity index (χ1) is 68.1. The number of likely N-dealkylation sites (tertiary alicyclic amines) is 4. The predicted octanol–water partition coefficient (Wildman–Crippen LogP) is 24.0. The van der Waals surface area contributed by atoms with E-state index in [2.05, 4.69) is 295 Å². The molecule has 17 aliphatic rings. The van der Waals surface area contributed by atoms with Gasteiger partial charge in [-0.25, -0.2) is 0 Å². The van der Waals surface area contributed by atoms with E-state index in [4.69, 9.17) is 9.47 Å². The van der Waals surface area contributed by atoms with Gasteiger partial charge in [0.05, 0.1) is 13.2 Å². The fraction of sp³-hybridized carbons (Fsp3) is 0.944. The van der Waals surface area contributed by atoms with Gasteiger partial charge in [0.15, 0.2) is 0 Å². The van der Waals surface area contributed by atoms with Crippen molar-refractivity contribution in [3.05, 3.63) is 35.4 Å². The highest BCUT2D eigenvalue weighted by Crippen LogP contribution is 2.49. The average Bonchev–Trinajstić information content (AvgIpc) is 1.61. The molecule has 143 heavy (non-hydrogen) atoms. The Hall–Kier alpha value is -1.95. The van der Waals surface area contributed by atoms with Crippen LogP contribution < -0.4 is 16.0 Å². The van der Waals surface area contributed by atoms with Gasteiger partial charge in [-0.1, -0.05) is 224 Å². The number of ether oxygens (including phenoxy) is 2. The van der Waals surface area contributed by atoms with Crippen LogP contribution in [0.2, 0.25) is 0 Å². The van der Waals surface area contributed by atoms with Gasteiger partial charge in [0, 0.05) is 213 Å². The summed E-state index contributed by atoms with van der Waals surface area (Å²) in [5.41, 5.74) is 4.13. The first-order valence-electron chi connectivity index (χ1n) is 61.7. The molecule has 4 atom stereocenters. The number of piperazine rings is 3. The van der Waals surface area contributed by atoms with E-state index in [1.807, 2.05) is 4.90 Å². The van der Waals surface area contributed by atoms with Crippen molar-refractivity contribution in [2.45, 2.75) is 397 Å². The minimum atomic E-state index is 0.212. The summed E-state index contributed by atoms with van der Waals surface area (Å²) < 4.78 is 10.5. The monoisotopic (exact) mass is 2010 g/mol. The topological polar surface area (TPSA) is 110 Å². The summed E-state index contributed by atoms with van der Waals surface area (Å²) in [6, 6.07) is 10.8. The predicted molar refractivity (Wildman–Crippen MR) is 624 cm³/mol. The Morgan fingerprint density at radius 2 is 0.776 bits per heavy atom. The van der Waals surface area contributed by atoms with Crippen molar-refractivity contribution in [2.24, 2.45) is 107 Å². The standard InChI is InChI=1S/C13H19N.2C11H21N.C11H23N.C10H20N2O.C10H19N.C9H20N2.2C9H19N.C8H18N2.C8H17NO.C8H17N.C8H16O/c1-11(2)9-14-8-7-12-5-3-4-6-13(12)10-14;1-9(2)7-12-8-10-3-5-11(12)6-4-10;1-10(2)11(6-7-11)12-8-4-3-5-9-12;1-10(2)11(3,4)12-8-6-5-7-9-12;1-9(2)8-11-4-6-12(7-5-11)10(3)13;1-8(2)6-11-7-9-3-4-10(11)5-9;1-9(2)8-11-6-4-10(3)5-7-11;1-8(2)7-9-3-5-10-6-4-9;1-9(2)8-10-6-4-3-5-7-10;1-8(2)7-10-5-3-9-4-6-10;1-8(2)7-9-3-5-10-6-4-9;2*1-7(2)5-8-3-4-9-6-8/h3-6,11H,7-10H2,1-2H3;9-11H,3-8H2,1-2H3;10H,3-9H2,1-2H3;10H,5-9H2,1-4H3;9H,4-8H2,1-3H3;8-10H,3-7H2,1-2H3;9H,4-8H2,1-3H3;8-10H,3-7H2,1-2H3;9H,3-8H2,1-2H3;8-9H,3-7H2,1-2H3;8H,3-7H2,1-2H3;7-9H,3-6H2,1-2H3;7-8H,3-6H2,1-2H3. The Balaban J connectivity index is 0.000000273. The second-order valence-electron chi connectivity index (χ2n) is 53.4. The van der Waals surface area contributed by atoms with Crippen LogP contribution in [0.25, 0.3) is 0 Å². The normalized spacial score (nSPS) is 25.0. The number of hydrogen-bond acceptors (Lipinski definition) is 17. The van der Waals surface area contributed by atoms with Crippen molar-refractivity contribution in [3.63, 3.8) is 0 Å². The van der Waals surface area contributed by atoms with Crippen LogP contribution in [-0.4, -0.2) is 350 Å². The maximum atomic E-state index is 11.0. The molecule has 4 unspecified atom stereocenters. The summed E-state index contributed by atoms with van der Waals surface area (Å²) in [6.45, 7) is 114. The quantitative estimate of drug-likeness (QED) is 0.0818. The number of amides is 1. The van der Waals surface area contributed by atoms with Gasteiger partial charge in [-0.05, 0) is 352 Å². The van der Waals surface area contributed by atoms with Gasteiger partial charge in [0.25, 0.3) is 0 Å². The molecule has 13 saturated heterocycles. The molecule has 3 aliphatic carbocycles. The van der Waals surface area contributed by atoms with Crippen LogP contribution in [0.15, 0.2) is 24.3 Å². The van der Waals surface area contributed by atoms with E-state index in [9.17, 15) is 4.79 Å². The third kappa shape index (κ3) is 59.4. The van der Waals surface area contributed by atoms with Crippen molar-refractivity contribution in [2.75, 3.05) is 263 Å². The molecule has 1 aromatic carbocycles. The van der Waals surface area contributed by atoms with E-state index >= 15 is 0 Å². The van der Waals surface area contributed by atoms with Crippen LogP contribution in [0.1, 0.15) is 372 Å². The molecule has 3 N–H and O–H groups in total. The average molecular weight is 2010 g/mol. The lowest BCUT2D eigenvalue weighted by molar-refractivity contribution is -0.130. The van der Waals surface area contributed by atoms with Crippen molar-refractivity contribution >= 4 is 5.91 Å². The van der Waals surface area contributed by atoms with Gasteiger partial charge in [-0.15, -0.1) is 0 Å². The number of benzene rings is 1. The maximum Gasteiger partial charge on any atom is 0.219 e. The number of morpholine rings is 1. The first-order valence-corrected chi connectivity index (χ1v) is 61.7. The van der Waals surface area contributed by atoms with Crippen molar-refractivity contribution in [1.29, 1.82) is 0 Å². The Morgan fingerprint density at radius 3 is 1.20 bits per heavy atom. The van der Waals surface area contributed by atoms with Crippen LogP contribution in [0.3, 0.4) is 0 Å². The van der Waals surface area contributed by atoms with Crippen molar-refractivity contribution in [3.8, 4) is 0 Å². The minimum Gasteiger partial charge on any atom is -0.381 e. The smallest absolute Gasteiger partial charge is 0.219 e. The lowest BCUT2D eigenvalue weighted by Gasteiger charge is -2.46. The van der Waals surface area contributed by atoms with Crippen LogP contribution >= 0.6 is 0 Å². The van der Waals surface area contributed by atoms with E-state index in [0.29, 0.717) is 11.1 Å². The number of piperidine rings is 7. The number of rotatable bonds is 26. The molecular formula is C125H249N15O3. The molecule has 4 bridgehead atoms. The molecule has 18 rings (SSSR count). The summed E-state index contributed by atoms with van der Waals surface area (Å²) in [6.07, 6.45) is 37.2. The van der Waals surface area contributed by atoms with Gasteiger partial charge >= 0.3 is 0 Å². The molecule has 18 nitrogen and oxygen atoms in total. The minimum absolute atomic E-state index is 0.212. The van der Waals surface area contributed by atoms with Crippen LogP contribution in [-0.2, 0) is 27.2 Å². The van der Waals surface area contributed by atoms with Crippen molar-refractivity contribution < 1.29 is 14.3 Å². The molecule has 1 aromatic rings. The SMILES string of the molecule is CC(=O)N1CCN(CC(C)C)CC1.CC(C)C(C)(C)N1CCCCC1.CC(C)C1(N2CCCCC2)CC1.CC(C)CC1CCNC1.CC(C)CC1CCNCC1.CC(C)CC1CCOC1.CC(C)CN1CC2CCC1C2.CC(C)CN1CC2CCC1CC2.CC(C)CN1CCCCC1.CC(C)CN1CCN(C)CC1.CC(C)CN1CCNCC1.CC(C)CN1CCOCC1.CC(C)CN1CCc2ccccc2C1. The Morgan fingerprint density at radius 1 is 0.371 bits per heavy atom. The molecule has 0 radical (unpaired) electrons. The molecule has 0 aromatic heterocycles. The number of hydrogen-bond donors (Lipinski definition) is 3. The summed E-state index contributed by atoms with van der Waals surface area (Å²) >= 11 is 0. The number of fused-ring (bicyclic) bond motifs is 6. The van der Waals surface area contributed by atoms with Crippen LogP contribution in [0.4, 0.5) is 0 Å². The highest BCUT2D eigenvalue weighted by Gasteiger charge is 2.50. The zero-order valence-electron chi connectivity index (χ0n) is 101. The molecule has 18 heteroatoms. The molecule has 1 amide bonds. The number of nitrogens with zero attached hydrogens (tertiary/aromatic N) is 12. The van der Waals surface area contributed by atoms with Gasteiger partial charge in [0.1, 0.15) is 0 Å². The second kappa shape index (κ2) is 75.0. The van der Waals surface area contributed by atoms with E-state index in [1.165, 1.54) is 356 Å². The van der Waals surface area contributed by atoms with Crippen LogP contribution in [0.5, 0.6) is 0 Å². The summed E-state index contributed by atoms with van der Waals surface area (Å²) in [7, 11) is 2.20. The van der Waals surface area contributed by atoms with E-state index in [1.54, 1.807) is 12.5 Å². The Bertz CT molecular complexity index is 3000. The second-order valence-corrected chi connectivity index (χ2v) is 53.4. The molecule has 14 heterocycles. The van der Waals surface area contributed by atoms with E-state index in [-0.39, 0.29) is 5.91 Å². The highest BCUT2D eigenvalue weighted by atomic mass is 16.5. The summed E-state index contributed by atoms with van der Waals surface area (Å²) in [5, 5.41) is 10.1. The van der Waals surface area contributed by atoms with Gasteiger partial charge in [0.2, 0.25) is 5.91 Å². The highest BCUT2D eigenvalue weighted by molar-refractivity contribution is 5.73. The fourth-order valence-electron chi connectivity index (χ4n) is 24.9. The molecule has 842 valence electrons. The third-order valence-corrected chi connectivity index (χ3v) is 33.1. The number of nitrogens with one attached hydrogen (secondary N) is 3. The fourth-order valence-corrected chi connectivity index (χ4v) is 24.9. The molecule has 0 spiro atoms. The van der Waals surface area contributed by atoms with Gasteiger partial charge < -0.3 is 49.9 Å². The summed E-state index contributed by atoms with van der Waals surface area (Å²) in [5.74, 6) is 15.9.